The minimum Gasteiger partial charge on any atom is -0.298 e. The predicted octanol–water partition coefficient (Wildman–Crippen LogP) is 2.50. The maximum atomic E-state index is 11.9. The van der Waals surface area contributed by atoms with Gasteiger partial charge in [0.25, 0.3) is 5.91 Å². The lowest BCUT2D eigenvalue weighted by Gasteiger charge is -2.00. The minimum absolute atomic E-state index is 0.189. The normalized spacial score (nSPS) is 10.4. The Morgan fingerprint density at radius 3 is 2.81 bits per heavy atom. The van der Waals surface area contributed by atoms with Crippen LogP contribution in [0.15, 0.2) is 9.98 Å². The summed E-state index contributed by atoms with van der Waals surface area (Å²) in [7, 11) is 0. The van der Waals surface area contributed by atoms with E-state index in [0.29, 0.717) is 16.4 Å². The Labute approximate surface area is 104 Å². The van der Waals surface area contributed by atoms with Crippen LogP contribution >= 0.6 is 27.3 Å². The Morgan fingerprint density at radius 1 is 1.56 bits per heavy atom. The van der Waals surface area contributed by atoms with E-state index in [1.165, 1.54) is 11.3 Å². The number of rotatable bonds is 2. The second kappa shape index (κ2) is 4.34. The van der Waals surface area contributed by atoms with Crippen LogP contribution in [0.4, 0.5) is 5.13 Å². The molecule has 2 N–H and O–H groups in total. The van der Waals surface area contributed by atoms with Gasteiger partial charge in [-0.2, -0.15) is 5.10 Å². The molecule has 0 atom stereocenters. The van der Waals surface area contributed by atoms with Crippen LogP contribution in [0.1, 0.15) is 21.7 Å². The van der Waals surface area contributed by atoms with Crippen LogP contribution in [-0.2, 0) is 0 Å². The molecular formula is C9H9BrN4OS. The number of halogens is 1. The first-order valence-corrected chi connectivity index (χ1v) is 6.13. The molecule has 2 heterocycles. The molecule has 5 nitrogen and oxygen atoms in total. The third-order valence-corrected chi connectivity index (χ3v) is 3.44. The summed E-state index contributed by atoms with van der Waals surface area (Å²) in [5.74, 6) is -0.189. The highest BCUT2D eigenvalue weighted by Crippen LogP contribution is 2.24. The molecule has 0 fully saturated rings. The van der Waals surface area contributed by atoms with Gasteiger partial charge in [-0.3, -0.25) is 15.2 Å². The zero-order chi connectivity index (χ0) is 11.7. The number of carbonyl (C=O) groups excluding carboxylic acids is 1. The third-order valence-electron chi connectivity index (χ3n) is 2.05. The lowest BCUT2D eigenvalue weighted by Crippen LogP contribution is -2.13. The summed E-state index contributed by atoms with van der Waals surface area (Å²) < 4.78 is 0.878. The van der Waals surface area contributed by atoms with Gasteiger partial charge >= 0.3 is 0 Å². The van der Waals surface area contributed by atoms with Crippen molar-refractivity contribution in [2.75, 3.05) is 5.32 Å². The highest BCUT2D eigenvalue weighted by atomic mass is 79.9. The molecule has 0 aliphatic rings. The molecule has 16 heavy (non-hydrogen) atoms. The van der Waals surface area contributed by atoms with Crippen molar-refractivity contribution in [2.45, 2.75) is 13.8 Å². The largest absolute Gasteiger partial charge is 0.298 e. The molecule has 0 saturated carbocycles. The highest BCUT2D eigenvalue weighted by Gasteiger charge is 2.16. The SMILES string of the molecule is Cc1n[nH]c(C)c1C(=O)Nc1ncc(Br)s1. The van der Waals surface area contributed by atoms with Crippen molar-refractivity contribution in [2.24, 2.45) is 0 Å². The Morgan fingerprint density at radius 2 is 2.31 bits per heavy atom. The first kappa shape index (κ1) is 11.3. The van der Waals surface area contributed by atoms with E-state index in [1.54, 1.807) is 13.1 Å². The van der Waals surface area contributed by atoms with Crippen molar-refractivity contribution in [3.8, 4) is 0 Å². The van der Waals surface area contributed by atoms with E-state index in [2.05, 4.69) is 36.4 Å². The molecule has 2 aromatic heterocycles. The number of aromatic amines is 1. The number of nitrogens with zero attached hydrogens (tertiary/aromatic N) is 2. The first-order chi connectivity index (χ1) is 7.58. The Bertz CT molecular complexity index is 514. The van der Waals surface area contributed by atoms with E-state index < -0.39 is 0 Å². The molecule has 0 unspecified atom stereocenters. The van der Waals surface area contributed by atoms with Crippen LogP contribution in [0.3, 0.4) is 0 Å². The van der Waals surface area contributed by atoms with Gasteiger partial charge in [-0.1, -0.05) is 11.3 Å². The summed E-state index contributed by atoms with van der Waals surface area (Å²) in [6.07, 6.45) is 1.65. The molecule has 0 saturated heterocycles. The number of hydrogen-bond acceptors (Lipinski definition) is 4. The topological polar surface area (TPSA) is 70.7 Å². The van der Waals surface area contributed by atoms with E-state index in [0.717, 1.165) is 9.48 Å². The van der Waals surface area contributed by atoms with Crippen LogP contribution < -0.4 is 5.32 Å². The van der Waals surface area contributed by atoms with Gasteiger partial charge in [0.2, 0.25) is 0 Å². The fourth-order valence-electron chi connectivity index (χ4n) is 1.36. The number of aryl methyl sites for hydroxylation is 2. The number of carbonyl (C=O) groups is 1. The molecule has 0 aliphatic heterocycles. The number of anilines is 1. The maximum Gasteiger partial charge on any atom is 0.261 e. The van der Waals surface area contributed by atoms with Gasteiger partial charge in [-0.15, -0.1) is 0 Å². The monoisotopic (exact) mass is 300 g/mol. The van der Waals surface area contributed by atoms with Gasteiger partial charge < -0.3 is 0 Å². The summed E-state index contributed by atoms with van der Waals surface area (Å²) >= 11 is 4.65. The van der Waals surface area contributed by atoms with Crippen molar-refractivity contribution < 1.29 is 4.79 Å². The van der Waals surface area contributed by atoms with Crippen LogP contribution in [0.2, 0.25) is 0 Å². The van der Waals surface area contributed by atoms with Crippen molar-refractivity contribution in [1.29, 1.82) is 0 Å². The quantitative estimate of drug-likeness (QED) is 0.895. The van der Waals surface area contributed by atoms with E-state index >= 15 is 0 Å². The molecule has 84 valence electrons. The minimum atomic E-state index is -0.189. The number of H-pyrrole nitrogens is 1. The lowest BCUT2D eigenvalue weighted by atomic mass is 10.2. The standard InChI is InChI=1S/C9H9BrN4OS/c1-4-7(5(2)14-13-4)8(15)12-9-11-3-6(10)16-9/h3H,1-2H3,(H,13,14)(H,11,12,15). The average molecular weight is 301 g/mol. The molecule has 7 heteroatoms. The smallest absolute Gasteiger partial charge is 0.261 e. The second-order valence-corrected chi connectivity index (χ2v) is 5.64. The van der Waals surface area contributed by atoms with Crippen molar-refractivity contribution in [1.82, 2.24) is 15.2 Å². The van der Waals surface area contributed by atoms with Gasteiger partial charge in [0.15, 0.2) is 5.13 Å². The van der Waals surface area contributed by atoms with Crippen LogP contribution in [-0.4, -0.2) is 21.1 Å². The van der Waals surface area contributed by atoms with E-state index in [9.17, 15) is 4.79 Å². The molecule has 0 bridgehead atoms. The van der Waals surface area contributed by atoms with Crippen molar-refractivity contribution in [3.63, 3.8) is 0 Å². The van der Waals surface area contributed by atoms with Crippen molar-refractivity contribution >= 4 is 38.3 Å². The fourth-order valence-corrected chi connectivity index (χ4v) is 2.46. The Kier molecular flexibility index (Phi) is 3.06. The summed E-state index contributed by atoms with van der Waals surface area (Å²) in [5.41, 5.74) is 2.02. The van der Waals surface area contributed by atoms with Gasteiger partial charge in [0.05, 0.1) is 21.2 Å². The zero-order valence-corrected chi connectivity index (χ0v) is 11.1. The van der Waals surface area contributed by atoms with Crippen LogP contribution in [0, 0.1) is 13.8 Å². The molecule has 2 rings (SSSR count). The average Bonchev–Trinajstić information content (AvgIpc) is 2.74. The number of amides is 1. The van der Waals surface area contributed by atoms with Gasteiger partial charge in [-0.25, -0.2) is 4.98 Å². The number of aromatic nitrogens is 3. The Balaban J connectivity index is 2.21. The summed E-state index contributed by atoms with van der Waals surface area (Å²) in [6.45, 7) is 3.60. The van der Waals surface area contributed by atoms with Crippen molar-refractivity contribution in [3.05, 3.63) is 26.9 Å². The zero-order valence-electron chi connectivity index (χ0n) is 8.67. The van der Waals surface area contributed by atoms with Gasteiger partial charge in [-0.05, 0) is 29.8 Å². The van der Waals surface area contributed by atoms with Gasteiger partial charge in [0, 0.05) is 5.69 Å². The maximum absolute atomic E-state index is 11.9. The van der Waals surface area contributed by atoms with Gasteiger partial charge in [0.1, 0.15) is 0 Å². The summed E-state index contributed by atoms with van der Waals surface area (Å²) in [5, 5.41) is 10.0. The molecule has 0 spiro atoms. The first-order valence-electron chi connectivity index (χ1n) is 4.52. The van der Waals surface area contributed by atoms with Crippen LogP contribution in [0.5, 0.6) is 0 Å². The van der Waals surface area contributed by atoms with E-state index in [4.69, 9.17) is 0 Å². The molecule has 0 aromatic carbocycles. The summed E-state index contributed by atoms with van der Waals surface area (Å²) in [6, 6.07) is 0. The van der Waals surface area contributed by atoms with Crippen LogP contribution in [0.25, 0.3) is 0 Å². The second-order valence-electron chi connectivity index (χ2n) is 3.23. The number of nitrogens with one attached hydrogen (secondary N) is 2. The lowest BCUT2D eigenvalue weighted by molar-refractivity contribution is 0.102. The number of thiazole rings is 1. The predicted molar refractivity (Wildman–Crippen MR) is 65.8 cm³/mol. The fraction of sp³-hybridized carbons (Fsp3) is 0.222. The summed E-state index contributed by atoms with van der Waals surface area (Å²) in [4.78, 5) is 15.9. The molecule has 2 aromatic rings. The molecule has 0 aliphatic carbocycles. The van der Waals surface area contributed by atoms with E-state index in [-0.39, 0.29) is 5.91 Å². The third kappa shape index (κ3) is 2.14. The molecule has 1 amide bonds. The number of hydrogen-bond donors (Lipinski definition) is 2. The van der Waals surface area contributed by atoms with E-state index in [1.807, 2.05) is 6.92 Å². The molecule has 0 radical (unpaired) electrons. The molecular weight excluding hydrogens is 292 g/mol. The Hall–Kier alpha value is -1.21. The highest BCUT2D eigenvalue weighted by molar-refractivity contribution is 9.11.